The Morgan fingerprint density at radius 3 is 2.27 bits per heavy atom. The van der Waals surface area contributed by atoms with Gasteiger partial charge in [-0.3, -0.25) is 9.59 Å². The third kappa shape index (κ3) is 6.48. The van der Waals surface area contributed by atoms with Crippen molar-refractivity contribution in [1.29, 1.82) is 0 Å². The van der Waals surface area contributed by atoms with Crippen LogP contribution in [0.5, 0.6) is 0 Å². The molecule has 4 nitrogen and oxygen atoms in total. The Labute approximate surface area is 157 Å². The van der Waals surface area contributed by atoms with Crippen LogP contribution in [0.25, 0.3) is 0 Å². The van der Waals surface area contributed by atoms with Crippen molar-refractivity contribution in [2.75, 3.05) is 13.2 Å². The zero-order chi connectivity index (χ0) is 18.9. The van der Waals surface area contributed by atoms with Crippen LogP contribution in [-0.2, 0) is 27.3 Å². The van der Waals surface area contributed by atoms with Gasteiger partial charge in [0.25, 0.3) is 0 Å². The first-order valence-electron chi connectivity index (χ1n) is 8.40. The molecule has 0 radical (unpaired) electrons. The molecule has 0 unspecified atom stereocenters. The van der Waals surface area contributed by atoms with Crippen molar-refractivity contribution in [3.8, 4) is 0 Å². The average molecular weight is 378 g/mol. The van der Waals surface area contributed by atoms with Crippen molar-refractivity contribution >= 4 is 23.5 Å². The van der Waals surface area contributed by atoms with Crippen LogP contribution in [0.15, 0.2) is 48.5 Å². The van der Waals surface area contributed by atoms with Crippen LogP contribution < -0.4 is 0 Å². The molecule has 0 atom stereocenters. The molecule has 0 fully saturated rings. The van der Waals surface area contributed by atoms with Crippen LogP contribution in [0, 0.1) is 5.82 Å². The second-order valence-corrected chi connectivity index (χ2v) is 6.24. The van der Waals surface area contributed by atoms with Gasteiger partial charge in [0.15, 0.2) is 0 Å². The molecule has 0 N–H and O–H groups in total. The molecule has 0 spiro atoms. The third-order valence-corrected chi connectivity index (χ3v) is 4.05. The molecule has 0 heterocycles. The summed E-state index contributed by atoms with van der Waals surface area (Å²) in [4.78, 5) is 25.9. The molecule has 0 bridgehead atoms. The highest BCUT2D eigenvalue weighted by atomic mass is 35.5. The Balaban J connectivity index is 2.07. The summed E-state index contributed by atoms with van der Waals surface area (Å²) in [6.45, 7) is 2.57. The van der Waals surface area contributed by atoms with E-state index in [0.29, 0.717) is 18.2 Å². The predicted molar refractivity (Wildman–Crippen MR) is 98.2 cm³/mol. The van der Waals surface area contributed by atoms with Gasteiger partial charge in [0.05, 0.1) is 19.4 Å². The van der Waals surface area contributed by atoms with E-state index in [1.54, 1.807) is 48.2 Å². The molecule has 26 heavy (non-hydrogen) atoms. The normalized spacial score (nSPS) is 10.4. The summed E-state index contributed by atoms with van der Waals surface area (Å²) < 4.78 is 18.0. The summed E-state index contributed by atoms with van der Waals surface area (Å²) in [6.07, 6.45) is 0.308. The van der Waals surface area contributed by atoms with Gasteiger partial charge in [-0.1, -0.05) is 35.9 Å². The molecule has 0 aliphatic rings. The zero-order valence-electron chi connectivity index (χ0n) is 14.6. The molecular weight excluding hydrogens is 357 g/mol. The van der Waals surface area contributed by atoms with Crippen LogP contribution in [0.1, 0.15) is 24.5 Å². The van der Waals surface area contributed by atoms with Crippen molar-refractivity contribution in [1.82, 2.24) is 4.90 Å². The maximum absolute atomic E-state index is 13.1. The number of rotatable bonds is 8. The lowest BCUT2D eigenvalue weighted by molar-refractivity contribution is -0.144. The molecule has 0 saturated carbocycles. The van der Waals surface area contributed by atoms with Gasteiger partial charge in [0.1, 0.15) is 5.82 Å². The largest absolute Gasteiger partial charge is 0.466 e. The lowest BCUT2D eigenvalue weighted by Crippen LogP contribution is -2.34. The maximum atomic E-state index is 13.1. The second kappa shape index (κ2) is 9.92. The fourth-order valence-electron chi connectivity index (χ4n) is 2.45. The first kappa shape index (κ1) is 19.9. The minimum atomic E-state index is -0.351. The smallest absolute Gasteiger partial charge is 0.307 e. The lowest BCUT2D eigenvalue weighted by atomic mass is 10.1. The minimum Gasteiger partial charge on any atom is -0.466 e. The monoisotopic (exact) mass is 377 g/mol. The van der Waals surface area contributed by atoms with Crippen molar-refractivity contribution in [3.63, 3.8) is 0 Å². The van der Waals surface area contributed by atoms with Crippen molar-refractivity contribution in [3.05, 3.63) is 70.5 Å². The number of carbonyl (C=O) groups is 2. The van der Waals surface area contributed by atoms with Gasteiger partial charge in [-0.2, -0.15) is 0 Å². The number of hydrogen-bond acceptors (Lipinski definition) is 3. The molecule has 2 aromatic carbocycles. The zero-order valence-corrected chi connectivity index (χ0v) is 15.3. The van der Waals surface area contributed by atoms with E-state index < -0.39 is 0 Å². The highest BCUT2D eigenvalue weighted by Crippen LogP contribution is 2.13. The van der Waals surface area contributed by atoms with E-state index in [1.165, 1.54) is 12.1 Å². The fourth-order valence-corrected chi connectivity index (χ4v) is 2.58. The summed E-state index contributed by atoms with van der Waals surface area (Å²) in [7, 11) is 0. The third-order valence-electron chi connectivity index (χ3n) is 3.80. The molecule has 1 amide bonds. The molecule has 0 aromatic heterocycles. The number of carbonyl (C=O) groups excluding carboxylic acids is 2. The van der Waals surface area contributed by atoms with Crippen molar-refractivity contribution in [2.45, 2.75) is 26.3 Å². The van der Waals surface area contributed by atoms with Gasteiger partial charge in [-0.25, -0.2) is 4.39 Å². The molecule has 6 heteroatoms. The van der Waals surface area contributed by atoms with E-state index in [9.17, 15) is 14.0 Å². The highest BCUT2D eigenvalue weighted by Gasteiger charge is 2.16. The quantitative estimate of drug-likeness (QED) is 0.653. The first-order chi connectivity index (χ1) is 12.5. The summed E-state index contributed by atoms with van der Waals surface area (Å²) in [5.74, 6) is -0.809. The summed E-state index contributed by atoms with van der Waals surface area (Å²) in [6, 6.07) is 13.0. The average Bonchev–Trinajstić information content (AvgIpc) is 2.62. The van der Waals surface area contributed by atoms with Gasteiger partial charge in [0.2, 0.25) is 5.91 Å². The van der Waals surface area contributed by atoms with Gasteiger partial charge in [-0.15, -0.1) is 0 Å². The van der Waals surface area contributed by atoms with Gasteiger partial charge >= 0.3 is 5.97 Å². The molecule has 2 aromatic rings. The van der Waals surface area contributed by atoms with Crippen molar-refractivity contribution < 1.29 is 18.7 Å². The number of benzene rings is 2. The number of halogens is 2. The minimum absolute atomic E-state index is 0.112. The van der Waals surface area contributed by atoms with Crippen LogP contribution in [0.4, 0.5) is 4.39 Å². The van der Waals surface area contributed by atoms with Crippen LogP contribution >= 0.6 is 11.6 Å². The van der Waals surface area contributed by atoms with Crippen LogP contribution in [-0.4, -0.2) is 29.9 Å². The SMILES string of the molecule is CCOC(=O)CCN(Cc1ccc(F)cc1)C(=O)Cc1ccc(Cl)cc1. The summed E-state index contributed by atoms with van der Waals surface area (Å²) >= 11 is 5.87. The molecular formula is C20H21ClFNO3. The molecule has 0 aliphatic carbocycles. The van der Waals surface area contributed by atoms with Gasteiger partial charge < -0.3 is 9.64 Å². The Hall–Kier alpha value is -2.40. The number of amides is 1. The second-order valence-electron chi connectivity index (χ2n) is 5.80. The number of nitrogens with zero attached hydrogens (tertiary/aromatic N) is 1. The van der Waals surface area contributed by atoms with Gasteiger partial charge in [-0.05, 0) is 42.3 Å². The molecule has 138 valence electrons. The van der Waals surface area contributed by atoms with Gasteiger partial charge in [0, 0.05) is 18.1 Å². The number of hydrogen-bond donors (Lipinski definition) is 0. The Morgan fingerprint density at radius 1 is 1.04 bits per heavy atom. The standard InChI is InChI=1S/C20H21ClFNO3/c1-2-26-20(25)11-12-23(14-16-5-9-18(22)10-6-16)19(24)13-15-3-7-17(21)8-4-15/h3-10H,2,11-14H2,1H3. The number of esters is 1. The van der Waals surface area contributed by atoms with E-state index in [2.05, 4.69) is 0 Å². The lowest BCUT2D eigenvalue weighted by Gasteiger charge is -2.23. The Kier molecular flexibility index (Phi) is 7.60. The molecule has 0 aliphatic heterocycles. The highest BCUT2D eigenvalue weighted by molar-refractivity contribution is 6.30. The number of ether oxygens (including phenoxy) is 1. The Morgan fingerprint density at radius 2 is 1.65 bits per heavy atom. The first-order valence-corrected chi connectivity index (χ1v) is 8.78. The van der Waals surface area contributed by atoms with E-state index in [1.807, 2.05) is 0 Å². The van der Waals surface area contributed by atoms with Crippen molar-refractivity contribution in [2.24, 2.45) is 0 Å². The topological polar surface area (TPSA) is 46.6 Å². The molecule has 0 saturated heterocycles. The summed E-state index contributed by atoms with van der Waals surface area (Å²) in [5, 5.41) is 0.603. The van der Waals surface area contributed by atoms with E-state index in [0.717, 1.165) is 11.1 Å². The van der Waals surface area contributed by atoms with E-state index in [4.69, 9.17) is 16.3 Å². The van der Waals surface area contributed by atoms with Crippen LogP contribution in [0.3, 0.4) is 0 Å². The van der Waals surface area contributed by atoms with E-state index >= 15 is 0 Å². The maximum Gasteiger partial charge on any atom is 0.307 e. The van der Waals surface area contributed by atoms with E-state index in [-0.39, 0.29) is 37.1 Å². The van der Waals surface area contributed by atoms with Crippen LogP contribution in [0.2, 0.25) is 5.02 Å². The predicted octanol–water partition coefficient (Wildman–Crippen LogP) is 4.00. The Bertz CT molecular complexity index is 732. The summed E-state index contributed by atoms with van der Waals surface area (Å²) in [5.41, 5.74) is 1.62. The molecule has 2 rings (SSSR count). The fraction of sp³-hybridized carbons (Fsp3) is 0.300.